The van der Waals surface area contributed by atoms with Gasteiger partial charge in [-0.05, 0) is 44.0 Å². The second-order valence-corrected chi connectivity index (χ2v) is 7.00. The molecule has 0 saturated carbocycles. The average Bonchev–Trinajstić information content (AvgIpc) is 3.19. The first-order valence-electron chi connectivity index (χ1n) is 7.81. The summed E-state index contributed by atoms with van der Waals surface area (Å²) in [6.45, 7) is 3.47. The van der Waals surface area contributed by atoms with E-state index in [0.717, 1.165) is 42.7 Å². The van der Waals surface area contributed by atoms with Crippen molar-refractivity contribution in [1.82, 2.24) is 14.8 Å². The third kappa shape index (κ3) is 4.49. The smallest absolute Gasteiger partial charge is 0.234 e. The number of ether oxygens (including phenoxy) is 1. The first-order chi connectivity index (χ1) is 11.6. The van der Waals surface area contributed by atoms with Crippen LogP contribution < -0.4 is 5.32 Å². The Bertz CT molecular complexity index is 699. The third-order valence-electron chi connectivity index (χ3n) is 3.77. The summed E-state index contributed by atoms with van der Waals surface area (Å²) >= 11 is 7.21. The van der Waals surface area contributed by atoms with E-state index in [1.54, 1.807) is 24.3 Å². The van der Waals surface area contributed by atoms with Crippen molar-refractivity contribution in [3.05, 3.63) is 35.1 Å². The molecule has 0 aliphatic carbocycles. The molecule has 1 aliphatic heterocycles. The van der Waals surface area contributed by atoms with Crippen molar-refractivity contribution >= 4 is 35.0 Å². The Morgan fingerprint density at radius 3 is 2.92 bits per heavy atom. The van der Waals surface area contributed by atoms with Crippen molar-refractivity contribution in [2.24, 2.45) is 0 Å². The molecule has 24 heavy (non-hydrogen) atoms. The van der Waals surface area contributed by atoms with Crippen molar-refractivity contribution in [2.45, 2.75) is 37.6 Å². The van der Waals surface area contributed by atoms with E-state index in [0.29, 0.717) is 5.02 Å². The van der Waals surface area contributed by atoms with Crippen LogP contribution in [0.1, 0.15) is 18.7 Å². The van der Waals surface area contributed by atoms with Crippen molar-refractivity contribution in [3.8, 4) is 0 Å². The van der Waals surface area contributed by atoms with Crippen molar-refractivity contribution in [1.29, 1.82) is 0 Å². The number of carbonyl (C=O) groups excluding carboxylic acids is 1. The lowest BCUT2D eigenvalue weighted by Gasteiger charge is -2.13. The molecule has 1 N–H and O–H groups in total. The molecule has 1 amide bonds. The monoisotopic (exact) mass is 366 g/mol. The van der Waals surface area contributed by atoms with Crippen LogP contribution in [-0.2, 0) is 16.1 Å². The highest BCUT2D eigenvalue weighted by atomic mass is 35.5. The summed E-state index contributed by atoms with van der Waals surface area (Å²) in [4.78, 5) is 12.1. The Kier molecular flexibility index (Phi) is 5.76. The Balaban J connectivity index is 1.55. The Hall–Kier alpha value is -1.57. The van der Waals surface area contributed by atoms with Crippen LogP contribution in [0.25, 0.3) is 0 Å². The largest absolute Gasteiger partial charge is 0.376 e. The number of thioether (sulfide) groups is 1. The second kappa shape index (κ2) is 8.00. The first-order valence-corrected chi connectivity index (χ1v) is 9.18. The van der Waals surface area contributed by atoms with E-state index in [-0.39, 0.29) is 17.8 Å². The lowest BCUT2D eigenvalue weighted by atomic mass is 10.2. The van der Waals surface area contributed by atoms with Gasteiger partial charge in [-0.25, -0.2) is 0 Å². The zero-order valence-corrected chi connectivity index (χ0v) is 14.9. The summed E-state index contributed by atoms with van der Waals surface area (Å²) in [5.74, 6) is 1.02. The van der Waals surface area contributed by atoms with Crippen molar-refractivity contribution < 1.29 is 9.53 Å². The molecular weight excluding hydrogens is 348 g/mol. The van der Waals surface area contributed by atoms with E-state index < -0.39 is 0 Å². The van der Waals surface area contributed by atoms with Crippen LogP contribution in [0.3, 0.4) is 0 Å². The van der Waals surface area contributed by atoms with Gasteiger partial charge < -0.3 is 14.6 Å². The number of aryl methyl sites for hydroxylation is 1. The molecule has 1 atom stereocenters. The molecule has 0 unspecified atom stereocenters. The number of nitrogens with one attached hydrogen (secondary N) is 1. The van der Waals surface area contributed by atoms with Gasteiger partial charge in [0.05, 0.1) is 18.4 Å². The summed E-state index contributed by atoms with van der Waals surface area (Å²) in [7, 11) is 0. The molecule has 1 saturated heterocycles. The van der Waals surface area contributed by atoms with E-state index in [1.807, 2.05) is 11.5 Å². The molecule has 8 heteroatoms. The highest BCUT2D eigenvalue weighted by Gasteiger charge is 2.20. The minimum atomic E-state index is -0.0911. The number of rotatable bonds is 6. The molecule has 0 bridgehead atoms. The summed E-state index contributed by atoms with van der Waals surface area (Å²) in [6.07, 6.45) is 2.36. The summed E-state index contributed by atoms with van der Waals surface area (Å²) < 4.78 is 7.70. The molecule has 2 heterocycles. The molecule has 1 aliphatic rings. The van der Waals surface area contributed by atoms with E-state index >= 15 is 0 Å². The molecule has 0 radical (unpaired) electrons. The van der Waals surface area contributed by atoms with Crippen LogP contribution in [-0.4, -0.2) is 39.1 Å². The fourth-order valence-electron chi connectivity index (χ4n) is 2.53. The lowest BCUT2D eigenvalue weighted by molar-refractivity contribution is -0.113. The molecular formula is C16H19ClN4O2S. The fraction of sp³-hybridized carbons (Fsp3) is 0.438. The highest BCUT2D eigenvalue weighted by Crippen LogP contribution is 2.21. The predicted octanol–water partition coefficient (Wildman–Crippen LogP) is 3.15. The zero-order chi connectivity index (χ0) is 16.9. The number of benzene rings is 1. The molecule has 1 aromatic carbocycles. The number of halogens is 1. The maximum Gasteiger partial charge on any atom is 0.234 e. The SMILES string of the molecule is Cc1nnc(SCC(=O)Nc2ccc(Cl)cc2)n1C[C@@H]1CCCO1. The second-order valence-electron chi connectivity index (χ2n) is 5.62. The zero-order valence-electron chi connectivity index (χ0n) is 13.4. The third-order valence-corrected chi connectivity index (χ3v) is 4.99. The van der Waals surface area contributed by atoms with Gasteiger partial charge in [-0.15, -0.1) is 10.2 Å². The Morgan fingerprint density at radius 2 is 2.21 bits per heavy atom. The van der Waals surface area contributed by atoms with Gasteiger partial charge in [-0.2, -0.15) is 0 Å². The van der Waals surface area contributed by atoms with Crippen molar-refractivity contribution in [2.75, 3.05) is 17.7 Å². The number of nitrogens with zero attached hydrogens (tertiary/aromatic N) is 3. The molecule has 1 fully saturated rings. The number of hydrogen-bond acceptors (Lipinski definition) is 5. The normalized spacial score (nSPS) is 17.2. The van der Waals surface area contributed by atoms with E-state index in [2.05, 4.69) is 15.5 Å². The highest BCUT2D eigenvalue weighted by molar-refractivity contribution is 7.99. The van der Waals surface area contributed by atoms with Gasteiger partial charge in [0.15, 0.2) is 5.16 Å². The average molecular weight is 367 g/mol. The van der Waals surface area contributed by atoms with Gasteiger partial charge in [-0.1, -0.05) is 23.4 Å². The number of hydrogen-bond donors (Lipinski definition) is 1. The topological polar surface area (TPSA) is 69.0 Å². The number of amides is 1. The van der Waals surface area contributed by atoms with Gasteiger partial charge >= 0.3 is 0 Å². The van der Waals surface area contributed by atoms with Crippen LogP contribution in [0.4, 0.5) is 5.69 Å². The molecule has 3 rings (SSSR count). The Morgan fingerprint density at radius 1 is 1.42 bits per heavy atom. The van der Waals surface area contributed by atoms with Crippen LogP contribution in [0.15, 0.2) is 29.4 Å². The number of anilines is 1. The van der Waals surface area contributed by atoms with Crippen LogP contribution in [0.5, 0.6) is 0 Å². The van der Waals surface area contributed by atoms with E-state index in [1.165, 1.54) is 11.8 Å². The quantitative estimate of drug-likeness (QED) is 0.795. The molecule has 2 aromatic rings. The molecule has 6 nitrogen and oxygen atoms in total. The van der Waals surface area contributed by atoms with Gasteiger partial charge in [0.1, 0.15) is 5.82 Å². The van der Waals surface area contributed by atoms with Crippen LogP contribution >= 0.6 is 23.4 Å². The molecule has 1 aromatic heterocycles. The fourth-order valence-corrected chi connectivity index (χ4v) is 3.45. The standard InChI is InChI=1S/C16H19ClN4O2S/c1-11-19-20-16(21(11)9-14-3-2-8-23-14)24-10-15(22)18-13-6-4-12(17)5-7-13/h4-7,14H,2-3,8-10H2,1H3,(H,18,22)/t14-/m0/s1. The number of aromatic nitrogens is 3. The first kappa shape index (κ1) is 17.3. The van der Waals surface area contributed by atoms with Gasteiger partial charge in [0, 0.05) is 17.3 Å². The molecule has 0 spiro atoms. The van der Waals surface area contributed by atoms with Gasteiger partial charge in [-0.3, -0.25) is 4.79 Å². The van der Waals surface area contributed by atoms with Crippen LogP contribution in [0.2, 0.25) is 5.02 Å². The number of carbonyl (C=O) groups is 1. The maximum absolute atomic E-state index is 12.1. The van der Waals surface area contributed by atoms with E-state index in [9.17, 15) is 4.79 Å². The van der Waals surface area contributed by atoms with Gasteiger partial charge in [0.25, 0.3) is 0 Å². The Labute approximate surface area is 149 Å². The summed E-state index contributed by atoms with van der Waals surface area (Å²) in [5, 5.41) is 12.5. The minimum absolute atomic E-state index is 0.0911. The minimum Gasteiger partial charge on any atom is -0.376 e. The summed E-state index contributed by atoms with van der Waals surface area (Å²) in [5.41, 5.74) is 0.724. The van der Waals surface area contributed by atoms with Crippen molar-refractivity contribution in [3.63, 3.8) is 0 Å². The van der Waals surface area contributed by atoms with Gasteiger partial charge in [0.2, 0.25) is 5.91 Å². The lowest BCUT2D eigenvalue weighted by Crippen LogP contribution is -2.18. The maximum atomic E-state index is 12.1. The van der Waals surface area contributed by atoms with E-state index in [4.69, 9.17) is 16.3 Å². The molecule has 128 valence electrons. The predicted molar refractivity (Wildman–Crippen MR) is 94.5 cm³/mol. The summed E-state index contributed by atoms with van der Waals surface area (Å²) in [6, 6.07) is 7.03. The van der Waals surface area contributed by atoms with Crippen LogP contribution in [0, 0.1) is 6.92 Å².